The van der Waals surface area contributed by atoms with Crippen LogP contribution < -0.4 is 5.32 Å². The highest BCUT2D eigenvalue weighted by atomic mass is 32.2. The van der Waals surface area contributed by atoms with Gasteiger partial charge in [-0.25, -0.2) is 4.79 Å². The number of nitrogens with one attached hydrogen (secondary N) is 1. The van der Waals surface area contributed by atoms with Gasteiger partial charge in [0.05, 0.1) is 0 Å². The molecule has 1 unspecified atom stereocenters. The van der Waals surface area contributed by atoms with Gasteiger partial charge >= 0.3 is 6.09 Å². The minimum atomic E-state index is -0.543. The lowest BCUT2D eigenvalue weighted by atomic mass is 10.0. The predicted molar refractivity (Wildman–Crippen MR) is 95.8 cm³/mol. The minimum Gasteiger partial charge on any atom is -0.444 e. The van der Waals surface area contributed by atoms with E-state index < -0.39 is 11.6 Å². The van der Waals surface area contributed by atoms with Crippen LogP contribution in [0.5, 0.6) is 0 Å². The Morgan fingerprint density at radius 3 is 2.39 bits per heavy atom. The Balaban J connectivity index is 2.53. The molecule has 0 spiro atoms. The summed E-state index contributed by atoms with van der Waals surface area (Å²) in [6, 6.07) is -0.404. The predicted octanol–water partition coefficient (Wildman–Crippen LogP) is 3.42. The van der Waals surface area contributed by atoms with Crippen molar-refractivity contribution in [3.05, 3.63) is 0 Å². The number of thioether (sulfide) groups is 1. The largest absolute Gasteiger partial charge is 0.444 e. The Morgan fingerprint density at radius 2 is 1.83 bits per heavy atom. The number of piperidine rings is 1. The first kappa shape index (κ1) is 20.1. The quantitative estimate of drug-likeness (QED) is 0.794. The molecule has 1 aliphatic heterocycles. The third-order valence-electron chi connectivity index (χ3n) is 3.37. The van der Waals surface area contributed by atoms with Crippen LogP contribution in [0.3, 0.4) is 0 Å². The lowest BCUT2D eigenvalue weighted by Crippen LogP contribution is -2.53. The van der Waals surface area contributed by atoms with Crippen LogP contribution in [0.4, 0.5) is 4.79 Å². The minimum absolute atomic E-state index is 0.0648. The first-order valence-corrected chi connectivity index (χ1v) is 9.39. The van der Waals surface area contributed by atoms with Crippen LogP contribution in [0.1, 0.15) is 60.8 Å². The SMILES string of the molecule is CC(C)(C)OC(=O)N1CCCCC1C(=O)NCCSC(C)(C)C. The normalized spacial score (nSPS) is 19.4. The fraction of sp³-hybridized carbons (Fsp3) is 0.882. The molecule has 1 fully saturated rings. The molecule has 1 heterocycles. The van der Waals surface area contributed by atoms with E-state index in [4.69, 9.17) is 4.74 Å². The molecule has 6 heteroatoms. The van der Waals surface area contributed by atoms with Crippen molar-refractivity contribution in [2.75, 3.05) is 18.8 Å². The van der Waals surface area contributed by atoms with E-state index >= 15 is 0 Å². The van der Waals surface area contributed by atoms with Crippen molar-refractivity contribution in [3.8, 4) is 0 Å². The summed E-state index contributed by atoms with van der Waals surface area (Å²) in [6.07, 6.45) is 2.20. The van der Waals surface area contributed by atoms with E-state index in [1.54, 1.807) is 4.90 Å². The molecule has 1 aliphatic rings. The molecule has 0 aromatic rings. The number of hydrogen-bond donors (Lipinski definition) is 1. The van der Waals surface area contributed by atoms with Crippen molar-refractivity contribution in [1.82, 2.24) is 10.2 Å². The maximum atomic E-state index is 12.4. The zero-order chi connectivity index (χ0) is 17.7. The van der Waals surface area contributed by atoms with Gasteiger partial charge in [0.25, 0.3) is 0 Å². The van der Waals surface area contributed by atoms with Crippen molar-refractivity contribution in [3.63, 3.8) is 0 Å². The van der Waals surface area contributed by atoms with E-state index in [1.807, 2.05) is 32.5 Å². The number of ether oxygens (including phenoxy) is 1. The molecule has 1 rings (SSSR count). The second kappa shape index (κ2) is 8.27. The highest BCUT2D eigenvalue weighted by Crippen LogP contribution is 2.23. The monoisotopic (exact) mass is 344 g/mol. The van der Waals surface area contributed by atoms with Crippen LogP contribution >= 0.6 is 11.8 Å². The van der Waals surface area contributed by atoms with Crippen molar-refractivity contribution < 1.29 is 14.3 Å². The second-order valence-electron chi connectivity index (χ2n) is 7.94. The average molecular weight is 345 g/mol. The summed E-state index contributed by atoms with van der Waals surface area (Å²) in [6.45, 7) is 13.2. The molecule has 2 amide bonds. The zero-order valence-electron chi connectivity index (χ0n) is 15.4. The molecule has 0 radical (unpaired) electrons. The fourth-order valence-corrected chi connectivity index (χ4v) is 3.21. The third-order valence-corrected chi connectivity index (χ3v) is 4.64. The number of rotatable bonds is 4. The molecule has 134 valence electrons. The average Bonchev–Trinajstić information content (AvgIpc) is 2.40. The Labute approximate surface area is 144 Å². The lowest BCUT2D eigenvalue weighted by molar-refractivity contribution is -0.127. The Bertz CT molecular complexity index is 413. The summed E-state index contributed by atoms with van der Waals surface area (Å²) in [4.78, 5) is 26.3. The van der Waals surface area contributed by atoms with E-state index in [1.165, 1.54) is 0 Å². The molecule has 5 nitrogen and oxygen atoms in total. The van der Waals surface area contributed by atoms with Crippen LogP contribution in [0.2, 0.25) is 0 Å². The smallest absolute Gasteiger partial charge is 0.410 e. The van der Waals surface area contributed by atoms with Gasteiger partial charge in [0.1, 0.15) is 11.6 Å². The Morgan fingerprint density at radius 1 is 1.17 bits per heavy atom. The van der Waals surface area contributed by atoms with Crippen molar-refractivity contribution in [2.24, 2.45) is 0 Å². The van der Waals surface area contributed by atoms with E-state index in [0.29, 0.717) is 19.5 Å². The highest BCUT2D eigenvalue weighted by Gasteiger charge is 2.34. The fourth-order valence-electron chi connectivity index (χ4n) is 2.39. The van der Waals surface area contributed by atoms with Gasteiger partial charge < -0.3 is 10.1 Å². The molecule has 0 aromatic heterocycles. The highest BCUT2D eigenvalue weighted by molar-refractivity contribution is 8.00. The topological polar surface area (TPSA) is 58.6 Å². The van der Waals surface area contributed by atoms with E-state index in [2.05, 4.69) is 26.1 Å². The van der Waals surface area contributed by atoms with E-state index in [0.717, 1.165) is 18.6 Å². The number of carbonyl (C=O) groups excluding carboxylic acids is 2. The molecule has 0 aliphatic carbocycles. The van der Waals surface area contributed by atoms with E-state index in [9.17, 15) is 9.59 Å². The molecule has 0 bridgehead atoms. The van der Waals surface area contributed by atoms with Crippen LogP contribution in [0, 0.1) is 0 Å². The summed E-state index contributed by atoms with van der Waals surface area (Å²) in [5, 5.41) is 2.96. The standard InChI is InChI=1S/C17H32N2O3S/c1-16(2,3)22-15(21)19-11-8-7-9-13(19)14(20)18-10-12-23-17(4,5)6/h13H,7-12H2,1-6H3,(H,18,20). The van der Waals surface area contributed by atoms with Gasteiger partial charge in [-0.2, -0.15) is 11.8 Å². The summed E-state index contributed by atoms with van der Waals surface area (Å²) in [7, 11) is 0. The molecule has 23 heavy (non-hydrogen) atoms. The van der Waals surface area contributed by atoms with Crippen molar-refractivity contribution in [1.29, 1.82) is 0 Å². The van der Waals surface area contributed by atoms with Gasteiger partial charge in [0.15, 0.2) is 0 Å². The van der Waals surface area contributed by atoms with Gasteiger partial charge in [-0.3, -0.25) is 9.69 Å². The number of likely N-dealkylation sites (tertiary alicyclic amines) is 1. The Hall–Kier alpha value is -0.910. The number of amides is 2. The maximum absolute atomic E-state index is 12.4. The number of carbonyl (C=O) groups is 2. The van der Waals surface area contributed by atoms with Crippen LogP contribution in [0.25, 0.3) is 0 Å². The van der Waals surface area contributed by atoms with Gasteiger partial charge in [0, 0.05) is 23.6 Å². The summed E-state index contributed by atoms with van der Waals surface area (Å²) < 4.78 is 5.62. The van der Waals surface area contributed by atoms with Crippen LogP contribution in [0.15, 0.2) is 0 Å². The first-order chi connectivity index (χ1) is 10.5. The molecule has 0 aromatic carbocycles. The molecule has 1 N–H and O–H groups in total. The summed E-state index contributed by atoms with van der Waals surface area (Å²) >= 11 is 1.82. The molecule has 0 saturated carbocycles. The molecular weight excluding hydrogens is 312 g/mol. The van der Waals surface area contributed by atoms with E-state index in [-0.39, 0.29) is 16.7 Å². The molecule has 1 atom stereocenters. The van der Waals surface area contributed by atoms with Crippen LogP contribution in [-0.4, -0.2) is 52.1 Å². The van der Waals surface area contributed by atoms with Crippen LogP contribution in [-0.2, 0) is 9.53 Å². The van der Waals surface area contributed by atoms with Gasteiger partial charge in [-0.1, -0.05) is 20.8 Å². The number of hydrogen-bond acceptors (Lipinski definition) is 4. The summed E-state index contributed by atoms with van der Waals surface area (Å²) in [5.74, 6) is 0.805. The second-order valence-corrected chi connectivity index (χ2v) is 9.86. The van der Waals surface area contributed by atoms with Crippen molar-refractivity contribution >= 4 is 23.8 Å². The first-order valence-electron chi connectivity index (χ1n) is 8.41. The van der Waals surface area contributed by atoms with Crippen molar-refractivity contribution in [2.45, 2.75) is 77.2 Å². The summed E-state index contributed by atoms with van der Waals surface area (Å²) in [5.41, 5.74) is -0.543. The molecular formula is C17H32N2O3S. The Kier molecular flexibility index (Phi) is 7.24. The van der Waals surface area contributed by atoms with Gasteiger partial charge in [0.2, 0.25) is 5.91 Å². The molecule has 1 saturated heterocycles. The lowest BCUT2D eigenvalue weighted by Gasteiger charge is -2.35. The maximum Gasteiger partial charge on any atom is 0.410 e. The zero-order valence-corrected chi connectivity index (χ0v) is 16.2. The van der Waals surface area contributed by atoms with Gasteiger partial charge in [-0.05, 0) is 40.0 Å². The number of nitrogens with zero attached hydrogens (tertiary/aromatic N) is 1. The van der Waals surface area contributed by atoms with Gasteiger partial charge in [-0.15, -0.1) is 0 Å². The third kappa shape index (κ3) is 7.95.